The van der Waals surface area contributed by atoms with E-state index in [-0.39, 0.29) is 10.8 Å². The zero-order valence-corrected chi connectivity index (χ0v) is 11.8. The summed E-state index contributed by atoms with van der Waals surface area (Å²) in [5.74, 6) is 0. The van der Waals surface area contributed by atoms with E-state index in [1.165, 1.54) is 6.07 Å². The Labute approximate surface area is 113 Å². The van der Waals surface area contributed by atoms with Crippen molar-refractivity contribution in [3.8, 4) is 0 Å². The zero-order valence-electron chi connectivity index (χ0n) is 10.1. The molecule has 1 aromatic rings. The summed E-state index contributed by atoms with van der Waals surface area (Å²) in [6, 6.07) is 2.89. The normalized spacial score (nSPS) is 13.2. The molecule has 1 heterocycles. The van der Waals surface area contributed by atoms with Crippen molar-refractivity contribution in [3.63, 3.8) is 0 Å². The van der Waals surface area contributed by atoms with Gasteiger partial charge in [-0.25, -0.2) is 8.42 Å². The lowest BCUT2D eigenvalue weighted by molar-refractivity contribution is -0.135. The number of sulfonamides is 1. The Balaban J connectivity index is 2.78. The van der Waals surface area contributed by atoms with Crippen molar-refractivity contribution >= 4 is 21.4 Å². The summed E-state index contributed by atoms with van der Waals surface area (Å²) in [6.45, 7) is -0.719. The standard InChI is InChI=1S/C10H14F3NO3S2/c1-14(6-5-10(11,12)13)19(16,17)9-3-2-8(18-9)4-7-15/h2-3,15H,4-7H2,1H3. The summed E-state index contributed by atoms with van der Waals surface area (Å²) in [6.07, 6.45) is -5.24. The third-order valence-corrected chi connectivity index (χ3v) is 5.84. The third kappa shape index (κ3) is 4.75. The summed E-state index contributed by atoms with van der Waals surface area (Å²) < 4.78 is 60.8. The highest BCUT2D eigenvalue weighted by Gasteiger charge is 2.30. The summed E-state index contributed by atoms with van der Waals surface area (Å²) in [5.41, 5.74) is 0. The van der Waals surface area contributed by atoms with Crippen LogP contribution in [0.4, 0.5) is 13.2 Å². The average molecular weight is 317 g/mol. The molecule has 0 saturated heterocycles. The van der Waals surface area contributed by atoms with Gasteiger partial charge in [-0.1, -0.05) is 0 Å². The number of hydrogen-bond donors (Lipinski definition) is 1. The molecule has 0 atom stereocenters. The van der Waals surface area contributed by atoms with Crippen LogP contribution < -0.4 is 0 Å². The lowest BCUT2D eigenvalue weighted by Crippen LogP contribution is -2.30. The summed E-state index contributed by atoms with van der Waals surface area (Å²) in [4.78, 5) is 0.672. The maximum Gasteiger partial charge on any atom is 0.390 e. The highest BCUT2D eigenvalue weighted by Crippen LogP contribution is 2.26. The molecule has 1 rings (SSSR count). The summed E-state index contributed by atoms with van der Waals surface area (Å²) >= 11 is 0.955. The maximum atomic E-state index is 12.1. The summed E-state index contributed by atoms with van der Waals surface area (Å²) in [7, 11) is -2.77. The van der Waals surface area contributed by atoms with Crippen molar-refractivity contribution in [2.75, 3.05) is 20.2 Å². The number of rotatable bonds is 6. The fraction of sp³-hybridized carbons (Fsp3) is 0.600. The van der Waals surface area contributed by atoms with Crippen molar-refractivity contribution in [1.29, 1.82) is 0 Å². The molecule has 0 aliphatic carbocycles. The molecule has 0 aliphatic heterocycles. The van der Waals surface area contributed by atoms with Crippen LogP contribution in [0.5, 0.6) is 0 Å². The quantitative estimate of drug-likeness (QED) is 0.871. The van der Waals surface area contributed by atoms with Crippen LogP contribution >= 0.6 is 11.3 Å². The van der Waals surface area contributed by atoms with Crippen LogP contribution in [0.15, 0.2) is 16.3 Å². The highest BCUT2D eigenvalue weighted by atomic mass is 32.2. The molecule has 0 spiro atoms. The van der Waals surface area contributed by atoms with Gasteiger partial charge < -0.3 is 5.11 Å². The molecule has 0 aromatic carbocycles. The van der Waals surface area contributed by atoms with Crippen molar-refractivity contribution in [2.24, 2.45) is 0 Å². The number of alkyl halides is 3. The van der Waals surface area contributed by atoms with E-state index in [2.05, 4.69) is 0 Å². The van der Waals surface area contributed by atoms with Gasteiger partial charge in [0, 0.05) is 31.5 Å². The molecule has 0 amide bonds. The molecule has 0 unspecified atom stereocenters. The fourth-order valence-corrected chi connectivity index (χ4v) is 4.03. The third-order valence-electron chi connectivity index (χ3n) is 2.37. The number of halogens is 3. The first kappa shape index (κ1) is 16.4. The molecular formula is C10H14F3NO3S2. The number of hydrogen-bond acceptors (Lipinski definition) is 4. The monoisotopic (exact) mass is 317 g/mol. The van der Waals surface area contributed by atoms with Gasteiger partial charge in [0.05, 0.1) is 6.42 Å². The van der Waals surface area contributed by atoms with Crippen LogP contribution in [0.3, 0.4) is 0 Å². The molecule has 0 radical (unpaired) electrons. The zero-order chi connectivity index (χ0) is 14.7. The van der Waals surface area contributed by atoms with Crippen LogP contribution in [0.25, 0.3) is 0 Å². The molecular weight excluding hydrogens is 303 g/mol. The van der Waals surface area contributed by atoms with Gasteiger partial charge in [0.1, 0.15) is 4.21 Å². The second-order valence-electron chi connectivity index (χ2n) is 3.89. The van der Waals surface area contributed by atoms with E-state index in [0.717, 1.165) is 18.4 Å². The molecule has 110 valence electrons. The van der Waals surface area contributed by atoms with E-state index < -0.39 is 29.2 Å². The SMILES string of the molecule is CN(CCC(F)(F)F)S(=O)(=O)c1ccc(CCO)s1. The predicted octanol–water partition coefficient (Wildman–Crippen LogP) is 1.86. The van der Waals surface area contributed by atoms with E-state index in [9.17, 15) is 21.6 Å². The van der Waals surface area contributed by atoms with Crippen LogP contribution in [0, 0.1) is 0 Å². The van der Waals surface area contributed by atoms with E-state index in [1.54, 1.807) is 6.07 Å². The Kier molecular flexibility index (Phi) is 5.36. The molecule has 1 N–H and O–H groups in total. The Morgan fingerprint density at radius 1 is 1.37 bits per heavy atom. The minimum Gasteiger partial charge on any atom is -0.396 e. The van der Waals surface area contributed by atoms with Crippen molar-refractivity contribution in [2.45, 2.75) is 23.2 Å². The van der Waals surface area contributed by atoms with E-state index >= 15 is 0 Å². The van der Waals surface area contributed by atoms with Crippen LogP contribution in [-0.4, -0.2) is 44.2 Å². The van der Waals surface area contributed by atoms with Crippen LogP contribution in [0.1, 0.15) is 11.3 Å². The number of aliphatic hydroxyl groups is 1. The van der Waals surface area contributed by atoms with E-state index in [1.807, 2.05) is 0 Å². The molecule has 9 heteroatoms. The van der Waals surface area contributed by atoms with Crippen molar-refractivity contribution in [1.82, 2.24) is 4.31 Å². The predicted molar refractivity (Wildman–Crippen MR) is 65.6 cm³/mol. The second kappa shape index (κ2) is 6.21. The molecule has 0 fully saturated rings. The molecule has 1 aromatic heterocycles. The van der Waals surface area contributed by atoms with E-state index in [4.69, 9.17) is 5.11 Å². The maximum absolute atomic E-state index is 12.1. The first-order chi connectivity index (χ1) is 8.66. The second-order valence-corrected chi connectivity index (χ2v) is 7.33. The molecule has 0 bridgehead atoms. The Morgan fingerprint density at radius 3 is 2.53 bits per heavy atom. The molecule has 0 aliphatic rings. The van der Waals surface area contributed by atoms with Gasteiger partial charge in [0.15, 0.2) is 0 Å². The van der Waals surface area contributed by atoms with Crippen molar-refractivity contribution < 1.29 is 26.7 Å². The van der Waals surface area contributed by atoms with Gasteiger partial charge in [0.25, 0.3) is 10.0 Å². The first-order valence-corrected chi connectivity index (χ1v) is 7.65. The lowest BCUT2D eigenvalue weighted by atomic mass is 10.4. The number of aliphatic hydroxyl groups excluding tert-OH is 1. The number of nitrogens with zero attached hydrogens (tertiary/aromatic N) is 1. The van der Waals surface area contributed by atoms with Gasteiger partial charge >= 0.3 is 6.18 Å². The lowest BCUT2D eigenvalue weighted by Gasteiger charge is -2.16. The van der Waals surface area contributed by atoms with Gasteiger partial charge in [-0.2, -0.15) is 17.5 Å². The topological polar surface area (TPSA) is 57.6 Å². The summed E-state index contributed by atoms with van der Waals surface area (Å²) in [5, 5.41) is 8.74. The Morgan fingerprint density at radius 2 is 2.00 bits per heavy atom. The van der Waals surface area contributed by atoms with Gasteiger partial charge in [-0.3, -0.25) is 0 Å². The molecule has 4 nitrogen and oxygen atoms in total. The molecule has 19 heavy (non-hydrogen) atoms. The smallest absolute Gasteiger partial charge is 0.390 e. The van der Waals surface area contributed by atoms with Gasteiger partial charge in [-0.15, -0.1) is 11.3 Å². The Bertz CT molecular complexity index is 510. The van der Waals surface area contributed by atoms with E-state index in [0.29, 0.717) is 15.6 Å². The largest absolute Gasteiger partial charge is 0.396 e. The Hall–Kier alpha value is -0.640. The van der Waals surface area contributed by atoms with Crippen LogP contribution in [-0.2, 0) is 16.4 Å². The van der Waals surface area contributed by atoms with Crippen molar-refractivity contribution in [3.05, 3.63) is 17.0 Å². The van der Waals surface area contributed by atoms with Gasteiger partial charge in [-0.05, 0) is 12.1 Å². The average Bonchev–Trinajstić information content (AvgIpc) is 2.74. The van der Waals surface area contributed by atoms with Crippen LogP contribution in [0.2, 0.25) is 0 Å². The fourth-order valence-electron chi connectivity index (χ4n) is 1.30. The number of thiophene rings is 1. The minimum atomic E-state index is -4.39. The minimum absolute atomic E-state index is 0.0133. The van der Waals surface area contributed by atoms with Gasteiger partial charge in [0.2, 0.25) is 0 Å². The highest BCUT2D eigenvalue weighted by molar-refractivity contribution is 7.91. The molecule has 0 saturated carbocycles. The first-order valence-electron chi connectivity index (χ1n) is 5.39.